The van der Waals surface area contributed by atoms with Crippen LogP contribution >= 0.6 is 0 Å². The van der Waals surface area contributed by atoms with E-state index in [9.17, 15) is 0 Å². The zero-order valence-corrected chi connectivity index (χ0v) is 12.6. The number of nitrogens with zero attached hydrogens (tertiary/aromatic N) is 3. The smallest absolute Gasteiger partial charge is 0.147 e. The molecule has 1 saturated carbocycles. The molecule has 1 aromatic heterocycles. The fourth-order valence-electron chi connectivity index (χ4n) is 2.76. The molecule has 0 amide bonds. The molecule has 2 rings (SSSR count). The molecule has 1 aromatic rings. The molecule has 0 spiro atoms. The summed E-state index contributed by atoms with van der Waals surface area (Å²) in [5.41, 5.74) is 1.50. The largest absolute Gasteiger partial charge is 0.355 e. The molecule has 0 bridgehead atoms. The molecule has 1 aliphatic rings. The van der Waals surface area contributed by atoms with Crippen LogP contribution in [-0.2, 0) is 6.54 Å². The van der Waals surface area contributed by atoms with Crippen LogP contribution in [0.4, 0.5) is 5.82 Å². The Hall–Kier alpha value is -1.16. The first-order valence-electron chi connectivity index (χ1n) is 7.20. The number of aromatic nitrogens is 2. The molecule has 19 heavy (non-hydrogen) atoms. The van der Waals surface area contributed by atoms with Crippen molar-refractivity contribution in [3.63, 3.8) is 0 Å². The Morgan fingerprint density at radius 3 is 2.47 bits per heavy atom. The minimum Gasteiger partial charge on any atom is -0.355 e. The Morgan fingerprint density at radius 2 is 1.95 bits per heavy atom. The molecular formula is C15H26N4. The van der Waals surface area contributed by atoms with Crippen LogP contribution in [0.25, 0.3) is 0 Å². The minimum atomic E-state index is 0.514. The second kappa shape index (κ2) is 5.87. The summed E-state index contributed by atoms with van der Waals surface area (Å²) in [4.78, 5) is 11.3. The van der Waals surface area contributed by atoms with Crippen molar-refractivity contribution in [1.29, 1.82) is 0 Å². The Bertz CT molecular complexity index is 389. The minimum absolute atomic E-state index is 0.514. The molecule has 4 heteroatoms. The van der Waals surface area contributed by atoms with E-state index in [1.165, 1.54) is 25.7 Å². The van der Waals surface area contributed by atoms with Crippen LogP contribution in [0.1, 0.15) is 45.2 Å². The van der Waals surface area contributed by atoms with Gasteiger partial charge in [0.05, 0.1) is 18.1 Å². The van der Waals surface area contributed by atoms with E-state index in [1.807, 2.05) is 19.4 Å². The van der Waals surface area contributed by atoms with Gasteiger partial charge in [-0.2, -0.15) is 0 Å². The molecule has 1 aliphatic carbocycles. The summed E-state index contributed by atoms with van der Waals surface area (Å²) in [6.07, 6.45) is 8.87. The van der Waals surface area contributed by atoms with Crippen LogP contribution in [0.3, 0.4) is 0 Å². The van der Waals surface area contributed by atoms with Gasteiger partial charge in [-0.15, -0.1) is 0 Å². The zero-order chi connectivity index (χ0) is 13.9. The summed E-state index contributed by atoms with van der Waals surface area (Å²) in [5.74, 6) is 0.990. The molecule has 0 aromatic carbocycles. The summed E-state index contributed by atoms with van der Waals surface area (Å²) in [5, 5.41) is 3.09. The highest BCUT2D eigenvalue weighted by molar-refractivity contribution is 5.36. The molecule has 0 unspecified atom stereocenters. The molecule has 106 valence electrons. The Kier molecular flexibility index (Phi) is 4.40. The lowest BCUT2D eigenvalue weighted by atomic mass is 9.75. The summed E-state index contributed by atoms with van der Waals surface area (Å²) in [6.45, 7) is 5.51. The molecule has 1 heterocycles. The van der Waals surface area contributed by atoms with E-state index >= 15 is 0 Å². The lowest BCUT2D eigenvalue weighted by molar-refractivity contribution is 0.222. The van der Waals surface area contributed by atoms with Gasteiger partial charge in [-0.1, -0.05) is 13.8 Å². The molecule has 1 N–H and O–H groups in total. The standard InChI is InChI=1S/C15H26N4/c1-15(2)7-5-13(6-8-15)19(4)14-11-17-12(9-16-3)10-18-14/h10-11,13,16H,5-9H2,1-4H3. The average Bonchev–Trinajstić information content (AvgIpc) is 2.39. The average molecular weight is 262 g/mol. The Morgan fingerprint density at radius 1 is 1.26 bits per heavy atom. The fourth-order valence-corrected chi connectivity index (χ4v) is 2.76. The van der Waals surface area contributed by atoms with Crippen molar-refractivity contribution in [2.75, 3.05) is 19.0 Å². The lowest BCUT2D eigenvalue weighted by Gasteiger charge is -2.39. The van der Waals surface area contributed by atoms with E-state index in [1.54, 1.807) is 0 Å². The fraction of sp³-hybridized carbons (Fsp3) is 0.733. The van der Waals surface area contributed by atoms with E-state index in [2.05, 4.69) is 41.1 Å². The molecular weight excluding hydrogens is 236 g/mol. The SMILES string of the molecule is CNCc1cnc(N(C)C2CCC(C)(C)CC2)cn1. The van der Waals surface area contributed by atoms with E-state index < -0.39 is 0 Å². The topological polar surface area (TPSA) is 41.1 Å². The lowest BCUT2D eigenvalue weighted by Crippen LogP contribution is -2.37. The second-order valence-electron chi connectivity index (χ2n) is 6.40. The molecule has 0 aliphatic heterocycles. The maximum absolute atomic E-state index is 4.53. The van der Waals surface area contributed by atoms with Crippen molar-refractivity contribution < 1.29 is 0 Å². The molecule has 0 radical (unpaired) electrons. The third-order valence-electron chi connectivity index (χ3n) is 4.27. The maximum atomic E-state index is 4.53. The monoisotopic (exact) mass is 262 g/mol. The van der Waals surface area contributed by atoms with Crippen LogP contribution in [-0.4, -0.2) is 30.1 Å². The van der Waals surface area contributed by atoms with Gasteiger partial charge in [0.15, 0.2) is 0 Å². The van der Waals surface area contributed by atoms with Crippen LogP contribution in [0.5, 0.6) is 0 Å². The third-order valence-corrected chi connectivity index (χ3v) is 4.27. The van der Waals surface area contributed by atoms with Crippen LogP contribution < -0.4 is 10.2 Å². The number of anilines is 1. The molecule has 1 fully saturated rings. The summed E-state index contributed by atoms with van der Waals surface area (Å²) in [7, 11) is 4.07. The van der Waals surface area contributed by atoms with Gasteiger partial charge in [0.25, 0.3) is 0 Å². The Labute approximate surface area is 116 Å². The van der Waals surface area contributed by atoms with Crippen LogP contribution in [0.2, 0.25) is 0 Å². The third kappa shape index (κ3) is 3.66. The number of nitrogens with one attached hydrogen (secondary N) is 1. The van der Waals surface area contributed by atoms with E-state index in [0.29, 0.717) is 11.5 Å². The van der Waals surface area contributed by atoms with Crippen LogP contribution in [0.15, 0.2) is 12.4 Å². The molecule has 0 atom stereocenters. The molecule has 0 saturated heterocycles. The quantitative estimate of drug-likeness (QED) is 0.905. The zero-order valence-electron chi connectivity index (χ0n) is 12.6. The van der Waals surface area contributed by atoms with Crippen molar-refractivity contribution in [2.45, 2.75) is 52.1 Å². The number of hydrogen-bond donors (Lipinski definition) is 1. The van der Waals surface area contributed by atoms with Crippen molar-refractivity contribution in [3.8, 4) is 0 Å². The predicted octanol–water partition coefficient (Wildman–Crippen LogP) is 2.60. The van der Waals surface area contributed by atoms with Gasteiger partial charge in [0.1, 0.15) is 5.82 Å². The summed E-state index contributed by atoms with van der Waals surface area (Å²) >= 11 is 0. The normalized spacial score (nSPS) is 19.4. The first-order chi connectivity index (χ1) is 9.02. The maximum Gasteiger partial charge on any atom is 0.147 e. The van der Waals surface area contributed by atoms with Gasteiger partial charge in [-0.3, -0.25) is 4.98 Å². The van der Waals surface area contributed by atoms with Crippen molar-refractivity contribution in [1.82, 2.24) is 15.3 Å². The van der Waals surface area contributed by atoms with Crippen molar-refractivity contribution in [3.05, 3.63) is 18.1 Å². The highest BCUT2D eigenvalue weighted by Gasteiger charge is 2.29. The van der Waals surface area contributed by atoms with Gasteiger partial charge in [-0.25, -0.2) is 4.98 Å². The second-order valence-corrected chi connectivity index (χ2v) is 6.40. The highest BCUT2D eigenvalue weighted by atomic mass is 15.2. The van der Waals surface area contributed by atoms with Crippen molar-refractivity contribution in [2.24, 2.45) is 5.41 Å². The Balaban J connectivity index is 1.97. The van der Waals surface area contributed by atoms with Gasteiger partial charge >= 0.3 is 0 Å². The van der Waals surface area contributed by atoms with Crippen molar-refractivity contribution >= 4 is 5.82 Å². The van der Waals surface area contributed by atoms with Gasteiger partial charge in [-0.05, 0) is 38.1 Å². The van der Waals surface area contributed by atoms with Gasteiger partial charge in [0.2, 0.25) is 0 Å². The predicted molar refractivity (Wildman–Crippen MR) is 79.2 cm³/mol. The summed E-state index contributed by atoms with van der Waals surface area (Å²) in [6, 6.07) is 0.609. The van der Waals surface area contributed by atoms with E-state index in [0.717, 1.165) is 18.1 Å². The van der Waals surface area contributed by atoms with Crippen LogP contribution in [0, 0.1) is 5.41 Å². The van der Waals surface area contributed by atoms with Gasteiger partial charge in [0, 0.05) is 19.6 Å². The first-order valence-corrected chi connectivity index (χ1v) is 7.20. The summed E-state index contributed by atoms with van der Waals surface area (Å²) < 4.78 is 0. The number of rotatable bonds is 4. The van der Waals surface area contributed by atoms with E-state index in [-0.39, 0.29) is 0 Å². The van der Waals surface area contributed by atoms with E-state index in [4.69, 9.17) is 0 Å². The number of hydrogen-bond acceptors (Lipinski definition) is 4. The first kappa shape index (κ1) is 14.3. The molecule has 4 nitrogen and oxygen atoms in total. The van der Waals surface area contributed by atoms with Gasteiger partial charge < -0.3 is 10.2 Å². The highest BCUT2D eigenvalue weighted by Crippen LogP contribution is 2.37.